The third-order valence-electron chi connectivity index (χ3n) is 3.59. The quantitative estimate of drug-likeness (QED) is 0.445. The van der Waals surface area contributed by atoms with Crippen molar-refractivity contribution >= 4 is 17.5 Å². The lowest BCUT2D eigenvalue weighted by atomic mass is 10.1. The highest BCUT2D eigenvalue weighted by Crippen LogP contribution is 2.28. The lowest BCUT2D eigenvalue weighted by molar-refractivity contribution is 0.0993. The number of rotatable bonds is 7. The molecule has 0 amide bonds. The molecule has 0 radical (unpaired) electrons. The Morgan fingerprint density at radius 1 is 1.15 bits per heavy atom. The lowest BCUT2D eigenvalue weighted by Crippen LogP contribution is -2.13. The van der Waals surface area contributed by atoms with Crippen LogP contribution in [0.25, 0.3) is 11.5 Å². The van der Waals surface area contributed by atoms with Gasteiger partial charge in [-0.3, -0.25) is 4.79 Å². The highest BCUT2D eigenvalue weighted by molar-refractivity contribution is 8.00. The Hall–Kier alpha value is -2.67. The molecule has 0 aliphatic rings. The molecule has 0 saturated carbocycles. The number of halogens is 1. The molecule has 5 nitrogen and oxygen atoms in total. The summed E-state index contributed by atoms with van der Waals surface area (Å²) in [4.78, 5) is 12.5. The SMILES string of the molecule is CCOc1ccc(C(=O)[C@@H](C)Sc2nnc(-c3ccc(F)cc3)o2)cc1. The van der Waals surface area contributed by atoms with Crippen LogP contribution in [0.5, 0.6) is 5.75 Å². The minimum absolute atomic E-state index is 0.0421. The average molecular weight is 372 g/mol. The van der Waals surface area contributed by atoms with Gasteiger partial charge in [0.1, 0.15) is 11.6 Å². The van der Waals surface area contributed by atoms with Crippen LogP contribution in [0.2, 0.25) is 0 Å². The third kappa shape index (κ3) is 4.29. The summed E-state index contributed by atoms with van der Waals surface area (Å²) in [5.74, 6) is 0.635. The Balaban J connectivity index is 1.66. The van der Waals surface area contributed by atoms with Gasteiger partial charge < -0.3 is 9.15 Å². The normalized spacial score (nSPS) is 12.0. The number of nitrogens with zero attached hydrogens (tertiary/aromatic N) is 2. The number of benzene rings is 2. The smallest absolute Gasteiger partial charge is 0.277 e. The first kappa shape index (κ1) is 18.1. The summed E-state index contributed by atoms with van der Waals surface area (Å²) in [7, 11) is 0. The summed E-state index contributed by atoms with van der Waals surface area (Å²) in [5.41, 5.74) is 1.21. The second-order valence-corrected chi connectivity index (χ2v) is 6.75. The van der Waals surface area contributed by atoms with Crippen LogP contribution >= 0.6 is 11.8 Å². The Labute approximate surface area is 154 Å². The van der Waals surface area contributed by atoms with Gasteiger partial charge in [0.25, 0.3) is 5.22 Å². The number of hydrogen-bond acceptors (Lipinski definition) is 6. The van der Waals surface area contributed by atoms with E-state index in [2.05, 4.69) is 10.2 Å². The topological polar surface area (TPSA) is 65.2 Å². The van der Waals surface area contributed by atoms with E-state index >= 15 is 0 Å². The van der Waals surface area contributed by atoms with E-state index < -0.39 is 5.25 Å². The Morgan fingerprint density at radius 3 is 2.50 bits per heavy atom. The van der Waals surface area contributed by atoms with Crippen LogP contribution in [-0.2, 0) is 0 Å². The van der Waals surface area contributed by atoms with Gasteiger partial charge in [-0.2, -0.15) is 0 Å². The summed E-state index contributed by atoms with van der Waals surface area (Å²) in [6, 6.07) is 12.8. The maximum Gasteiger partial charge on any atom is 0.277 e. The number of ketones is 1. The predicted octanol–water partition coefficient (Wildman–Crippen LogP) is 4.64. The van der Waals surface area contributed by atoms with Gasteiger partial charge in [-0.25, -0.2) is 4.39 Å². The first-order valence-electron chi connectivity index (χ1n) is 8.10. The fourth-order valence-corrected chi connectivity index (χ4v) is 3.05. The minimum Gasteiger partial charge on any atom is -0.494 e. The van der Waals surface area contributed by atoms with Crippen molar-refractivity contribution in [2.75, 3.05) is 6.61 Å². The molecule has 1 aromatic heterocycles. The molecule has 0 spiro atoms. The van der Waals surface area contributed by atoms with E-state index in [1.807, 2.05) is 6.92 Å². The summed E-state index contributed by atoms with van der Waals surface area (Å²) in [5, 5.41) is 7.79. The molecule has 26 heavy (non-hydrogen) atoms. The van der Waals surface area contributed by atoms with Crippen molar-refractivity contribution in [1.29, 1.82) is 0 Å². The summed E-state index contributed by atoms with van der Waals surface area (Å²) in [6.45, 7) is 4.26. The van der Waals surface area contributed by atoms with Gasteiger partial charge in [0.15, 0.2) is 5.78 Å². The van der Waals surface area contributed by atoms with E-state index in [9.17, 15) is 9.18 Å². The number of thioether (sulfide) groups is 1. The molecule has 134 valence electrons. The molecule has 0 unspecified atom stereocenters. The fourth-order valence-electron chi connectivity index (χ4n) is 2.29. The number of Topliss-reactive ketones (excluding diaryl/α,β-unsaturated/α-hetero) is 1. The standard InChI is InChI=1S/C19H17FN2O3S/c1-3-24-16-10-6-13(7-11-16)17(23)12(2)26-19-22-21-18(25-19)14-4-8-15(20)9-5-14/h4-12H,3H2,1-2H3/t12-/m1/s1. The van der Waals surface area contributed by atoms with Crippen LogP contribution in [0.1, 0.15) is 24.2 Å². The van der Waals surface area contributed by atoms with E-state index in [4.69, 9.17) is 9.15 Å². The summed E-state index contributed by atoms with van der Waals surface area (Å²) >= 11 is 1.18. The van der Waals surface area contributed by atoms with Crippen LogP contribution < -0.4 is 4.74 Å². The molecule has 0 aliphatic heterocycles. The van der Waals surface area contributed by atoms with Crippen LogP contribution in [-0.4, -0.2) is 27.8 Å². The van der Waals surface area contributed by atoms with Gasteiger partial charge in [0.2, 0.25) is 5.89 Å². The zero-order chi connectivity index (χ0) is 18.5. The van der Waals surface area contributed by atoms with Crippen molar-refractivity contribution in [2.45, 2.75) is 24.3 Å². The molecule has 1 atom stereocenters. The number of carbonyl (C=O) groups is 1. The Bertz CT molecular complexity index is 879. The van der Waals surface area contributed by atoms with Crippen molar-refractivity contribution in [3.05, 3.63) is 59.9 Å². The van der Waals surface area contributed by atoms with E-state index in [1.54, 1.807) is 43.3 Å². The monoisotopic (exact) mass is 372 g/mol. The van der Waals surface area contributed by atoms with Crippen molar-refractivity contribution in [3.63, 3.8) is 0 Å². The molecule has 2 aromatic carbocycles. The van der Waals surface area contributed by atoms with E-state index in [0.29, 0.717) is 17.7 Å². The molecule has 0 saturated heterocycles. The molecule has 0 aliphatic carbocycles. The van der Waals surface area contributed by atoms with Gasteiger partial charge in [-0.15, -0.1) is 10.2 Å². The van der Waals surface area contributed by atoms with Crippen molar-refractivity contribution < 1.29 is 18.3 Å². The fraction of sp³-hybridized carbons (Fsp3) is 0.211. The molecular formula is C19H17FN2O3S. The van der Waals surface area contributed by atoms with Crippen LogP contribution in [0.3, 0.4) is 0 Å². The van der Waals surface area contributed by atoms with Gasteiger partial charge in [-0.1, -0.05) is 11.8 Å². The van der Waals surface area contributed by atoms with E-state index in [1.165, 1.54) is 23.9 Å². The molecular weight excluding hydrogens is 355 g/mol. The van der Waals surface area contributed by atoms with Gasteiger partial charge >= 0.3 is 0 Å². The molecule has 0 bridgehead atoms. The second kappa shape index (κ2) is 8.14. The molecule has 3 rings (SSSR count). The predicted molar refractivity (Wildman–Crippen MR) is 97.0 cm³/mol. The summed E-state index contributed by atoms with van der Waals surface area (Å²) in [6.07, 6.45) is 0. The number of carbonyl (C=O) groups excluding carboxylic acids is 1. The molecule has 7 heteroatoms. The number of ether oxygens (including phenoxy) is 1. The highest BCUT2D eigenvalue weighted by Gasteiger charge is 2.20. The Morgan fingerprint density at radius 2 is 1.85 bits per heavy atom. The van der Waals surface area contributed by atoms with E-state index in [0.717, 1.165) is 5.75 Å². The van der Waals surface area contributed by atoms with Crippen molar-refractivity contribution in [3.8, 4) is 17.2 Å². The Kier molecular flexibility index (Phi) is 5.68. The maximum absolute atomic E-state index is 13.0. The number of hydrogen-bond donors (Lipinski definition) is 0. The van der Waals surface area contributed by atoms with Crippen LogP contribution in [0.4, 0.5) is 4.39 Å². The number of aromatic nitrogens is 2. The lowest BCUT2D eigenvalue weighted by Gasteiger charge is -2.08. The van der Waals surface area contributed by atoms with Gasteiger partial charge in [-0.05, 0) is 62.4 Å². The first-order valence-corrected chi connectivity index (χ1v) is 8.98. The highest BCUT2D eigenvalue weighted by atomic mass is 32.2. The summed E-state index contributed by atoms with van der Waals surface area (Å²) < 4.78 is 23.9. The molecule has 3 aromatic rings. The van der Waals surface area contributed by atoms with Crippen LogP contribution in [0.15, 0.2) is 58.2 Å². The average Bonchev–Trinajstić information content (AvgIpc) is 3.11. The van der Waals surface area contributed by atoms with Crippen molar-refractivity contribution in [2.24, 2.45) is 0 Å². The first-order chi connectivity index (χ1) is 12.6. The third-order valence-corrected chi connectivity index (χ3v) is 4.53. The zero-order valence-corrected chi connectivity index (χ0v) is 15.1. The van der Waals surface area contributed by atoms with Gasteiger partial charge in [0, 0.05) is 11.1 Å². The largest absolute Gasteiger partial charge is 0.494 e. The molecule has 0 fully saturated rings. The minimum atomic E-state index is -0.394. The van der Waals surface area contributed by atoms with Crippen molar-refractivity contribution in [1.82, 2.24) is 10.2 Å². The molecule has 0 N–H and O–H groups in total. The van der Waals surface area contributed by atoms with Crippen LogP contribution in [0, 0.1) is 5.82 Å². The molecule has 1 heterocycles. The maximum atomic E-state index is 13.0. The zero-order valence-electron chi connectivity index (χ0n) is 14.3. The van der Waals surface area contributed by atoms with E-state index in [-0.39, 0.29) is 22.7 Å². The van der Waals surface area contributed by atoms with Gasteiger partial charge in [0.05, 0.1) is 11.9 Å². The second-order valence-electron chi connectivity index (χ2n) is 5.46.